The van der Waals surface area contributed by atoms with E-state index in [9.17, 15) is 14.7 Å². The lowest BCUT2D eigenvalue weighted by molar-refractivity contribution is -0.139. The predicted octanol–water partition coefficient (Wildman–Crippen LogP) is 1.50. The minimum Gasteiger partial charge on any atom is -0.504 e. The van der Waals surface area contributed by atoms with Crippen molar-refractivity contribution in [2.75, 3.05) is 13.9 Å². The third-order valence-corrected chi connectivity index (χ3v) is 4.57. The zero-order valence-electron chi connectivity index (χ0n) is 14.7. The van der Waals surface area contributed by atoms with Gasteiger partial charge < -0.3 is 24.6 Å². The maximum absolute atomic E-state index is 11.9. The number of hydrogen-bond acceptors (Lipinski definition) is 7. The van der Waals surface area contributed by atoms with Gasteiger partial charge in [-0.2, -0.15) is 5.10 Å². The molecule has 1 heterocycles. The van der Waals surface area contributed by atoms with Gasteiger partial charge in [0.25, 0.3) is 0 Å². The third-order valence-electron chi connectivity index (χ3n) is 3.75. The van der Waals surface area contributed by atoms with Gasteiger partial charge in [0, 0.05) is 6.54 Å². The van der Waals surface area contributed by atoms with Gasteiger partial charge in [0.2, 0.25) is 6.79 Å². The van der Waals surface area contributed by atoms with E-state index in [1.807, 2.05) is 22.6 Å². The topological polar surface area (TPSA) is 118 Å². The Balaban J connectivity index is 1.52. The van der Waals surface area contributed by atoms with E-state index >= 15 is 0 Å². The summed E-state index contributed by atoms with van der Waals surface area (Å²) in [6.45, 7) is 0.317. The SMILES string of the molecule is COc1cc(/C=N\NC(=O)C(=O)NCc2ccc3c(c2)OCO3)cc(I)c1O. The van der Waals surface area contributed by atoms with E-state index in [1.54, 1.807) is 30.3 Å². The Labute approximate surface area is 173 Å². The van der Waals surface area contributed by atoms with Crippen LogP contribution in [0.4, 0.5) is 0 Å². The molecule has 3 rings (SSSR count). The first-order chi connectivity index (χ1) is 13.5. The normalized spacial score (nSPS) is 12.1. The number of aromatic hydroxyl groups is 1. The summed E-state index contributed by atoms with van der Waals surface area (Å²) in [6.07, 6.45) is 1.34. The van der Waals surface area contributed by atoms with Gasteiger partial charge in [0.15, 0.2) is 23.0 Å². The zero-order valence-corrected chi connectivity index (χ0v) is 16.8. The van der Waals surface area contributed by atoms with Crippen molar-refractivity contribution in [1.29, 1.82) is 0 Å². The van der Waals surface area contributed by atoms with Crippen LogP contribution in [0.5, 0.6) is 23.0 Å². The minimum atomic E-state index is -0.905. The third kappa shape index (κ3) is 4.63. The fourth-order valence-corrected chi connectivity index (χ4v) is 2.98. The van der Waals surface area contributed by atoms with Crippen molar-refractivity contribution in [1.82, 2.24) is 10.7 Å². The fraction of sp³-hybridized carbons (Fsp3) is 0.167. The number of carbonyl (C=O) groups excluding carboxylic acids is 2. The molecule has 9 nitrogen and oxygen atoms in total. The molecule has 3 N–H and O–H groups in total. The van der Waals surface area contributed by atoms with Gasteiger partial charge in [-0.1, -0.05) is 6.07 Å². The van der Waals surface area contributed by atoms with Gasteiger partial charge in [-0.15, -0.1) is 0 Å². The first kappa shape index (κ1) is 19.7. The predicted molar refractivity (Wildman–Crippen MR) is 108 cm³/mol. The molecule has 0 atom stereocenters. The van der Waals surface area contributed by atoms with Crippen molar-refractivity contribution in [3.63, 3.8) is 0 Å². The molecular formula is C18H16IN3O6. The first-order valence-corrected chi connectivity index (χ1v) is 9.12. The number of fused-ring (bicyclic) bond motifs is 1. The number of amides is 2. The molecule has 1 aliphatic rings. The van der Waals surface area contributed by atoms with Crippen molar-refractivity contribution >= 4 is 40.6 Å². The number of hydrazone groups is 1. The van der Waals surface area contributed by atoms with Crippen LogP contribution in [0.1, 0.15) is 11.1 Å². The highest BCUT2D eigenvalue weighted by atomic mass is 127. The van der Waals surface area contributed by atoms with Crippen molar-refractivity contribution in [3.05, 3.63) is 45.0 Å². The lowest BCUT2D eigenvalue weighted by Gasteiger charge is -2.06. The quantitative estimate of drug-likeness (QED) is 0.250. The summed E-state index contributed by atoms with van der Waals surface area (Å²) < 4.78 is 16.1. The number of methoxy groups -OCH3 is 1. The Morgan fingerprint density at radius 3 is 2.82 bits per heavy atom. The number of nitrogens with zero attached hydrogens (tertiary/aromatic N) is 1. The molecule has 0 saturated carbocycles. The van der Waals surface area contributed by atoms with Gasteiger partial charge >= 0.3 is 11.8 Å². The highest BCUT2D eigenvalue weighted by Gasteiger charge is 2.15. The van der Waals surface area contributed by atoms with Gasteiger partial charge in [0.05, 0.1) is 16.9 Å². The summed E-state index contributed by atoms with van der Waals surface area (Å²) >= 11 is 1.94. The smallest absolute Gasteiger partial charge is 0.329 e. The summed E-state index contributed by atoms with van der Waals surface area (Å²) in [5.74, 6) is -0.194. The molecule has 0 aromatic heterocycles. The fourth-order valence-electron chi connectivity index (χ4n) is 2.35. The largest absolute Gasteiger partial charge is 0.504 e. The van der Waals surface area contributed by atoms with Gasteiger partial charge in [-0.05, 0) is 58.0 Å². The highest BCUT2D eigenvalue weighted by Crippen LogP contribution is 2.33. The van der Waals surface area contributed by atoms with E-state index in [1.165, 1.54) is 13.3 Å². The van der Waals surface area contributed by atoms with Gasteiger partial charge in [-0.3, -0.25) is 9.59 Å². The lowest BCUT2D eigenvalue weighted by atomic mass is 10.2. The number of carbonyl (C=O) groups is 2. The molecule has 146 valence electrons. The summed E-state index contributed by atoms with van der Waals surface area (Å²) in [6, 6.07) is 8.43. The van der Waals surface area contributed by atoms with Gasteiger partial charge in [0.1, 0.15) is 0 Å². The molecule has 0 spiro atoms. The average molecular weight is 497 g/mol. The van der Waals surface area contributed by atoms with Crippen LogP contribution < -0.4 is 25.0 Å². The summed E-state index contributed by atoms with van der Waals surface area (Å²) in [7, 11) is 1.43. The van der Waals surface area contributed by atoms with Crippen LogP contribution in [0, 0.1) is 3.57 Å². The molecule has 0 saturated heterocycles. The van der Waals surface area contributed by atoms with E-state index in [0.717, 1.165) is 5.56 Å². The number of ether oxygens (including phenoxy) is 3. The lowest BCUT2D eigenvalue weighted by Crippen LogP contribution is -2.37. The Morgan fingerprint density at radius 1 is 1.25 bits per heavy atom. The molecule has 0 bridgehead atoms. The summed E-state index contributed by atoms with van der Waals surface area (Å²) in [5.41, 5.74) is 3.50. The number of phenols is 1. The van der Waals surface area contributed by atoms with E-state index in [-0.39, 0.29) is 24.8 Å². The maximum Gasteiger partial charge on any atom is 0.329 e. The zero-order chi connectivity index (χ0) is 20.1. The monoisotopic (exact) mass is 497 g/mol. The first-order valence-electron chi connectivity index (χ1n) is 8.04. The average Bonchev–Trinajstić information content (AvgIpc) is 3.16. The Morgan fingerprint density at radius 2 is 2.04 bits per heavy atom. The van der Waals surface area contributed by atoms with E-state index in [2.05, 4.69) is 15.8 Å². The molecule has 0 radical (unpaired) electrons. The molecule has 2 amide bonds. The Bertz CT molecular complexity index is 947. The van der Waals surface area contributed by atoms with Crippen LogP contribution >= 0.6 is 22.6 Å². The van der Waals surface area contributed by atoms with Crippen molar-refractivity contribution in [2.24, 2.45) is 5.10 Å². The standard InChI is InChI=1S/C18H16IN3O6/c1-26-15-6-11(4-12(19)16(15)23)8-21-22-18(25)17(24)20-7-10-2-3-13-14(5-10)28-9-27-13/h2-6,8,23H,7,9H2,1H3,(H,20,24)(H,22,25)/b21-8-. The second-order valence-corrected chi connectivity index (χ2v) is 6.79. The maximum atomic E-state index is 11.9. The van der Waals surface area contributed by atoms with Crippen molar-refractivity contribution < 1.29 is 28.9 Å². The number of halogens is 1. The molecule has 28 heavy (non-hydrogen) atoms. The molecule has 2 aromatic rings. The van der Waals surface area contributed by atoms with Crippen molar-refractivity contribution in [3.8, 4) is 23.0 Å². The van der Waals surface area contributed by atoms with Crippen LogP contribution in [0.2, 0.25) is 0 Å². The molecule has 2 aromatic carbocycles. The van der Waals surface area contributed by atoms with Crippen LogP contribution in [0.15, 0.2) is 35.4 Å². The Hall–Kier alpha value is -3.02. The second-order valence-electron chi connectivity index (χ2n) is 5.62. The van der Waals surface area contributed by atoms with Gasteiger partial charge in [-0.25, -0.2) is 5.43 Å². The van der Waals surface area contributed by atoms with Crippen LogP contribution in [-0.4, -0.2) is 37.0 Å². The molecule has 0 fully saturated rings. The highest BCUT2D eigenvalue weighted by molar-refractivity contribution is 14.1. The van der Waals surface area contributed by atoms with E-state index in [0.29, 0.717) is 20.6 Å². The molecule has 1 aliphatic heterocycles. The molecule has 0 unspecified atom stereocenters. The number of phenolic OH excluding ortho intramolecular Hbond substituents is 1. The molecular weight excluding hydrogens is 481 g/mol. The van der Waals surface area contributed by atoms with Crippen LogP contribution in [0.25, 0.3) is 0 Å². The van der Waals surface area contributed by atoms with Crippen molar-refractivity contribution in [2.45, 2.75) is 6.54 Å². The van der Waals surface area contributed by atoms with E-state index < -0.39 is 11.8 Å². The number of benzene rings is 2. The summed E-state index contributed by atoms with van der Waals surface area (Å²) in [5, 5.41) is 16.0. The van der Waals surface area contributed by atoms with Crippen LogP contribution in [0.3, 0.4) is 0 Å². The minimum absolute atomic E-state index is 0.0205. The van der Waals surface area contributed by atoms with E-state index in [4.69, 9.17) is 14.2 Å². The summed E-state index contributed by atoms with van der Waals surface area (Å²) in [4.78, 5) is 23.7. The number of rotatable bonds is 5. The molecule has 10 heteroatoms. The Kier molecular flexibility index (Phi) is 6.19. The number of nitrogens with one attached hydrogen (secondary N) is 2. The molecule has 0 aliphatic carbocycles. The van der Waals surface area contributed by atoms with Crippen LogP contribution in [-0.2, 0) is 16.1 Å². The number of hydrogen-bond donors (Lipinski definition) is 3. The second kappa shape index (κ2) is 8.78.